The number of hydrogen-bond donors (Lipinski definition) is 0. The Hall–Kier alpha value is -2.43. The fraction of sp³-hybridized carbons (Fsp3) is 0.200. The zero-order valence-corrected chi connectivity index (χ0v) is 11.6. The van der Waals surface area contributed by atoms with Crippen molar-refractivity contribution in [2.24, 2.45) is 0 Å². The van der Waals surface area contributed by atoms with Gasteiger partial charge in [0, 0.05) is 18.8 Å². The van der Waals surface area contributed by atoms with Crippen molar-refractivity contribution in [2.75, 3.05) is 11.9 Å². The lowest BCUT2D eigenvalue weighted by molar-refractivity contribution is -0.385. The largest absolute Gasteiger partial charge is 0.344 e. The predicted molar refractivity (Wildman–Crippen MR) is 77.0 cm³/mol. The molecular weight excluding hydrogens is 259 g/mol. The Morgan fingerprint density at radius 3 is 2.10 bits per heavy atom. The number of anilines is 2. The minimum Gasteiger partial charge on any atom is -0.344 e. The summed E-state index contributed by atoms with van der Waals surface area (Å²) in [5.41, 5.74) is 3.22. The second-order valence-corrected chi connectivity index (χ2v) is 4.83. The summed E-state index contributed by atoms with van der Waals surface area (Å²) in [5, 5.41) is 10.8. The monoisotopic (exact) mass is 274 g/mol. The van der Waals surface area contributed by atoms with E-state index in [2.05, 4.69) is 0 Å². The molecule has 0 aliphatic heterocycles. The van der Waals surface area contributed by atoms with E-state index in [1.807, 2.05) is 32.0 Å². The molecule has 0 aliphatic carbocycles. The fourth-order valence-electron chi connectivity index (χ4n) is 2.15. The zero-order chi connectivity index (χ0) is 14.9. The molecule has 0 spiro atoms. The normalized spacial score (nSPS) is 10.4. The number of hydrogen-bond acceptors (Lipinski definition) is 3. The molecule has 0 aliphatic rings. The van der Waals surface area contributed by atoms with Gasteiger partial charge in [0.25, 0.3) is 5.69 Å². The minimum absolute atomic E-state index is 0.253. The van der Waals surface area contributed by atoms with Crippen molar-refractivity contribution in [3.05, 3.63) is 63.5 Å². The second-order valence-electron chi connectivity index (χ2n) is 4.83. The Kier molecular flexibility index (Phi) is 3.70. The molecule has 4 nitrogen and oxygen atoms in total. The number of aryl methyl sites for hydroxylation is 2. The van der Waals surface area contributed by atoms with E-state index in [-0.39, 0.29) is 5.69 Å². The molecule has 2 rings (SSSR count). The first-order valence-corrected chi connectivity index (χ1v) is 6.14. The summed E-state index contributed by atoms with van der Waals surface area (Å²) in [6.45, 7) is 3.94. The summed E-state index contributed by atoms with van der Waals surface area (Å²) in [4.78, 5) is 11.9. The van der Waals surface area contributed by atoms with E-state index in [4.69, 9.17) is 0 Å². The number of halogens is 1. The van der Waals surface area contributed by atoms with Crippen molar-refractivity contribution in [1.29, 1.82) is 0 Å². The van der Waals surface area contributed by atoms with Gasteiger partial charge in [0.2, 0.25) is 0 Å². The van der Waals surface area contributed by atoms with Gasteiger partial charge in [0.1, 0.15) is 5.82 Å². The van der Waals surface area contributed by atoms with Gasteiger partial charge in [-0.25, -0.2) is 4.39 Å². The summed E-state index contributed by atoms with van der Waals surface area (Å²) < 4.78 is 13.5. The average Bonchev–Trinajstić information content (AvgIpc) is 2.35. The average molecular weight is 274 g/mol. The second kappa shape index (κ2) is 5.28. The molecule has 20 heavy (non-hydrogen) atoms. The third-order valence-corrected chi connectivity index (χ3v) is 3.06. The van der Waals surface area contributed by atoms with Crippen molar-refractivity contribution in [2.45, 2.75) is 13.8 Å². The van der Waals surface area contributed by atoms with Gasteiger partial charge < -0.3 is 4.90 Å². The number of non-ortho nitro benzene ring substituents is 1. The van der Waals surface area contributed by atoms with Gasteiger partial charge in [-0.1, -0.05) is 6.07 Å². The molecule has 0 aromatic heterocycles. The Balaban J connectivity index is 2.47. The maximum Gasteiger partial charge on any atom is 0.274 e. The minimum atomic E-state index is -0.620. The molecule has 0 atom stereocenters. The molecule has 0 heterocycles. The van der Waals surface area contributed by atoms with Gasteiger partial charge >= 0.3 is 0 Å². The quantitative estimate of drug-likeness (QED) is 0.624. The maximum atomic E-state index is 13.5. The standard InChI is InChI=1S/C15H15FN2O2/c1-10-4-11(2)6-13(5-10)17(3)14-7-12(16)8-15(9-14)18(19)20/h4-9H,1-3H3. The van der Waals surface area contributed by atoms with E-state index in [1.165, 1.54) is 12.1 Å². The van der Waals surface area contributed by atoms with E-state index >= 15 is 0 Å². The molecule has 5 heteroatoms. The van der Waals surface area contributed by atoms with Crippen molar-refractivity contribution in [3.63, 3.8) is 0 Å². The van der Waals surface area contributed by atoms with Crippen LogP contribution >= 0.6 is 0 Å². The van der Waals surface area contributed by atoms with Gasteiger partial charge in [-0.15, -0.1) is 0 Å². The number of rotatable bonds is 3. The highest BCUT2D eigenvalue weighted by atomic mass is 19.1. The third kappa shape index (κ3) is 2.93. The van der Waals surface area contributed by atoms with Crippen LogP contribution in [0.1, 0.15) is 11.1 Å². The molecule has 0 unspecified atom stereocenters. The van der Waals surface area contributed by atoms with Crippen LogP contribution in [0, 0.1) is 29.8 Å². The van der Waals surface area contributed by atoms with Gasteiger partial charge in [0.05, 0.1) is 16.7 Å². The maximum absolute atomic E-state index is 13.5. The van der Waals surface area contributed by atoms with E-state index < -0.39 is 10.7 Å². The van der Waals surface area contributed by atoms with E-state index in [0.717, 1.165) is 22.9 Å². The Bertz CT molecular complexity index is 651. The highest BCUT2D eigenvalue weighted by molar-refractivity contribution is 5.66. The summed E-state index contributed by atoms with van der Waals surface area (Å²) in [5.74, 6) is -0.620. The SMILES string of the molecule is Cc1cc(C)cc(N(C)c2cc(F)cc([N+](=O)[O-])c2)c1. The topological polar surface area (TPSA) is 46.4 Å². The third-order valence-electron chi connectivity index (χ3n) is 3.06. The molecule has 104 valence electrons. The van der Waals surface area contributed by atoms with Gasteiger partial charge in [-0.3, -0.25) is 10.1 Å². The molecule has 0 fully saturated rings. The van der Waals surface area contributed by atoms with Gasteiger partial charge in [-0.2, -0.15) is 0 Å². The molecule has 0 saturated carbocycles. The molecule has 2 aromatic rings. The van der Waals surface area contributed by atoms with Crippen LogP contribution in [0.4, 0.5) is 21.5 Å². The van der Waals surface area contributed by atoms with Crippen LogP contribution in [0.15, 0.2) is 36.4 Å². The molecule has 0 radical (unpaired) electrons. The molecule has 2 aromatic carbocycles. The Labute approximate surface area is 116 Å². The van der Waals surface area contributed by atoms with Crippen LogP contribution in [0.3, 0.4) is 0 Å². The van der Waals surface area contributed by atoms with Crippen molar-refractivity contribution < 1.29 is 9.31 Å². The lowest BCUT2D eigenvalue weighted by atomic mass is 10.1. The molecular formula is C15H15FN2O2. The Morgan fingerprint density at radius 2 is 1.55 bits per heavy atom. The summed E-state index contributed by atoms with van der Waals surface area (Å²) in [6, 6.07) is 9.49. The molecule has 0 saturated heterocycles. The first kappa shape index (κ1) is 14.0. The van der Waals surface area contributed by atoms with Crippen LogP contribution in [0.2, 0.25) is 0 Å². The van der Waals surface area contributed by atoms with Gasteiger partial charge in [-0.05, 0) is 43.2 Å². The lowest BCUT2D eigenvalue weighted by Crippen LogP contribution is -2.10. The van der Waals surface area contributed by atoms with Gasteiger partial charge in [0.15, 0.2) is 0 Å². The van der Waals surface area contributed by atoms with Crippen LogP contribution in [-0.2, 0) is 0 Å². The van der Waals surface area contributed by atoms with E-state index in [0.29, 0.717) is 5.69 Å². The van der Waals surface area contributed by atoms with Crippen LogP contribution < -0.4 is 4.90 Å². The summed E-state index contributed by atoms with van der Waals surface area (Å²) in [7, 11) is 1.76. The number of nitro groups is 1. The smallest absolute Gasteiger partial charge is 0.274 e. The highest BCUT2D eigenvalue weighted by Crippen LogP contribution is 2.29. The number of nitrogens with zero attached hydrogens (tertiary/aromatic N) is 2. The number of benzene rings is 2. The molecule has 0 N–H and O–H groups in total. The first-order valence-electron chi connectivity index (χ1n) is 6.14. The van der Waals surface area contributed by atoms with Crippen LogP contribution in [0.5, 0.6) is 0 Å². The summed E-state index contributed by atoms with van der Waals surface area (Å²) in [6.07, 6.45) is 0. The van der Waals surface area contributed by atoms with Crippen LogP contribution in [0.25, 0.3) is 0 Å². The summed E-state index contributed by atoms with van der Waals surface area (Å²) >= 11 is 0. The van der Waals surface area contributed by atoms with Crippen LogP contribution in [-0.4, -0.2) is 12.0 Å². The lowest BCUT2D eigenvalue weighted by Gasteiger charge is -2.20. The first-order chi connectivity index (χ1) is 9.36. The zero-order valence-electron chi connectivity index (χ0n) is 11.6. The molecule has 0 bridgehead atoms. The van der Waals surface area contributed by atoms with E-state index in [1.54, 1.807) is 11.9 Å². The van der Waals surface area contributed by atoms with Crippen molar-refractivity contribution >= 4 is 17.1 Å². The predicted octanol–water partition coefficient (Wildman–Crippen LogP) is 4.12. The van der Waals surface area contributed by atoms with Crippen molar-refractivity contribution in [3.8, 4) is 0 Å². The fourth-order valence-corrected chi connectivity index (χ4v) is 2.15. The van der Waals surface area contributed by atoms with Crippen molar-refractivity contribution in [1.82, 2.24) is 0 Å². The molecule has 0 amide bonds. The Morgan fingerprint density at radius 1 is 1.00 bits per heavy atom. The van der Waals surface area contributed by atoms with E-state index in [9.17, 15) is 14.5 Å². The highest BCUT2D eigenvalue weighted by Gasteiger charge is 2.13. The number of nitro benzene ring substituents is 1.